The summed E-state index contributed by atoms with van der Waals surface area (Å²) in [5.41, 5.74) is 5.95. The van der Waals surface area contributed by atoms with Crippen LogP contribution in [0, 0.1) is 0 Å². The molecule has 2 aliphatic heterocycles. The number of hydrogen-bond donors (Lipinski definition) is 2. The van der Waals surface area contributed by atoms with Gasteiger partial charge in [-0.2, -0.15) is 0 Å². The third-order valence-corrected chi connectivity index (χ3v) is 3.37. The first kappa shape index (κ1) is 10.3. The summed E-state index contributed by atoms with van der Waals surface area (Å²) in [4.78, 5) is 25.2. The van der Waals surface area contributed by atoms with Gasteiger partial charge >= 0.3 is 0 Å². The van der Waals surface area contributed by atoms with E-state index >= 15 is 0 Å². The van der Waals surface area contributed by atoms with Crippen LogP contribution in [0.1, 0.15) is 10.4 Å². The van der Waals surface area contributed by atoms with Gasteiger partial charge < -0.3 is 16.0 Å². The summed E-state index contributed by atoms with van der Waals surface area (Å²) in [5, 5.41) is 3.14. The van der Waals surface area contributed by atoms with Crippen LogP contribution in [-0.2, 0) is 4.79 Å². The zero-order valence-corrected chi connectivity index (χ0v) is 9.17. The van der Waals surface area contributed by atoms with Crippen molar-refractivity contribution in [1.82, 2.24) is 10.2 Å². The summed E-state index contributed by atoms with van der Waals surface area (Å²) >= 11 is 0. The fourth-order valence-electron chi connectivity index (χ4n) is 2.47. The van der Waals surface area contributed by atoms with E-state index in [9.17, 15) is 9.59 Å². The molecule has 0 saturated carbocycles. The molecule has 0 aromatic heterocycles. The zero-order chi connectivity index (χ0) is 12.0. The van der Waals surface area contributed by atoms with E-state index in [1.807, 2.05) is 18.2 Å². The standard InChI is InChI=1S/C12H13N3O2/c13-11(16)10-9-8(14-9)6-15(10)12(17)7-4-2-1-3-5-7/h1-5,8-10,14H,6H2,(H2,13,16)/t8-,9?,10-/m1/s1. The molecule has 2 saturated heterocycles. The minimum atomic E-state index is -0.507. The van der Waals surface area contributed by atoms with E-state index in [-0.39, 0.29) is 18.0 Å². The van der Waals surface area contributed by atoms with Crippen LogP contribution >= 0.6 is 0 Å². The largest absolute Gasteiger partial charge is 0.368 e. The first-order valence-corrected chi connectivity index (χ1v) is 5.60. The lowest BCUT2D eigenvalue weighted by Crippen LogP contribution is -2.49. The number of nitrogens with zero attached hydrogens (tertiary/aromatic N) is 1. The third-order valence-electron chi connectivity index (χ3n) is 3.37. The molecule has 2 fully saturated rings. The summed E-state index contributed by atoms with van der Waals surface area (Å²) in [5.74, 6) is -0.560. The van der Waals surface area contributed by atoms with Gasteiger partial charge in [0, 0.05) is 18.2 Å². The van der Waals surface area contributed by atoms with Crippen LogP contribution in [0.4, 0.5) is 0 Å². The number of likely N-dealkylation sites (tertiary alicyclic amines) is 1. The third kappa shape index (κ3) is 1.59. The molecule has 5 heteroatoms. The van der Waals surface area contributed by atoms with Crippen molar-refractivity contribution >= 4 is 11.8 Å². The van der Waals surface area contributed by atoms with Crippen molar-refractivity contribution in [2.24, 2.45) is 5.73 Å². The number of nitrogens with one attached hydrogen (secondary N) is 1. The van der Waals surface area contributed by atoms with E-state index in [2.05, 4.69) is 5.32 Å². The topological polar surface area (TPSA) is 85.3 Å². The molecule has 0 bridgehead atoms. The number of nitrogens with two attached hydrogens (primary N) is 1. The maximum atomic E-state index is 12.2. The molecule has 1 aromatic carbocycles. The van der Waals surface area contributed by atoms with Gasteiger partial charge in [-0.15, -0.1) is 0 Å². The number of carbonyl (C=O) groups excluding carboxylic acids is 2. The highest BCUT2D eigenvalue weighted by molar-refractivity contribution is 5.98. The Bertz CT molecular complexity index is 474. The van der Waals surface area contributed by atoms with Crippen LogP contribution < -0.4 is 11.1 Å². The number of fused-ring (bicyclic) bond motifs is 1. The number of rotatable bonds is 2. The molecule has 2 amide bonds. The van der Waals surface area contributed by atoms with Gasteiger partial charge in [-0.25, -0.2) is 0 Å². The molecule has 1 unspecified atom stereocenters. The second-order valence-corrected chi connectivity index (χ2v) is 4.47. The molecule has 2 aliphatic rings. The normalized spacial score (nSPS) is 29.9. The average molecular weight is 231 g/mol. The zero-order valence-electron chi connectivity index (χ0n) is 9.17. The van der Waals surface area contributed by atoms with Crippen LogP contribution in [0.15, 0.2) is 30.3 Å². The Morgan fingerprint density at radius 3 is 2.65 bits per heavy atom. The predicted molar refractivity (Wildman–Crippen MR) is 61.2 cm³/mol. The van der Waals surface area contributed by atoms with Crippen molar-refractivity contribution in [3.8, 4) is 0 Å². The van der Waals surface area contributed by atoms with Crippen molar-refractivity contribution in [2.45, 2.75) is 18.1 Å². The van der Waals surface area contributed by atoms with Gasteiger partial charge in [0.05, 0.1) is 6.04 Å². The quantitative estimate of drug-likeness (QED) is 0.662. The molecule has 1 aromatic rings. The summed E-state index contributed by atoms with van der Waals surface area (Å²) in [6.45, 7) is 0.562. The van der Waals surface area contributed by atoms with Gasteiger partial charge in [0.2, 0.25) is 5.91 Å². The second kappa shape index (κ2) is 3.56. The van der Waals surface area contributed by atoms with Gasteiger partial charge in [0.1, 0.15) is 6.04 Å². The van der Waals surface area contributed by atoms with Crippen LogP contribution in [0.2, 0.25) is 0 Å². The fourth-order valence-corrected chi connectivity index (χ4v) is 2.47. The number of amides is 2. The Balaban J connectivity index is 1.85. The van der Waals surface area contributed by atoms with Crippen LogP contribution in [0.3, 0.4) is 0 Å². The average Bonchev–Trinajstić information content (AvgIpc) is 2.99. The molecular weight excluding hydrogens is 218 g/mol. The number of hydrogen-bond acceptors (Lipinski definition) is 3. The van der Waals surface area contributed by atoms with E-state index in [4.69, 9.17) is 5.73 Å². The highest BCUT2D eigenvalue weighted by Crippen LogP contribution is 2.30. The Hall–Kier alpha value is -1.88. The SMILES string of the molecule is NC(=O)[C@H]1C2N[C@@H]2CN1C(=O)c1ccccc1. The van der Waals surface area contributed by atoms with Crippen molar-refractivity contribution in [1.29, 1.82) is 0 Å². The smallest absolute Gasteiger partial charge is 0.254 e. The molecule has 5 nitrogen and oxygen atoms in total. The summed E-state index contributed by atoms with van der Waals surface area (Å²) in [6, 6.07) is 8.75. The van der Waals surface area contributed by atoms with Crippen LogP contribution in [0.25, 0.3) is 0 Å². The van der Waals surface area contributed by atoms with E-state index < -0.39 is 11.9 Å². The van der Waals surface area contributed by atoms with Crippen molar-refractivity contribution < 1.29 is 9.59 Å². The van der Waals surface area contributed by atoms with E-state index in [1.165, 1.54) is 0 Å². The summed E-state index contributed by atoms with van der Waals surface area (Å²) < 4.78 is 0. The van der Waals surface area contributed by atoms with E-state index in [0.29, 0.717) is 12.1 Å². The van der Waals surface area contributed by atoms with Gasteiger partial charge in [-0.05, 0) is 12.1 Å². The summed E-state index contributed by atoms with van der Waals surface area (Å²) in [7, 11) is 0. The molecule has 0 spiro atoms. The van der Waals surface area contributed by atoms with Gasteiger partial charge in [0.15, 0.2) is 0 Å². The van der Waals surface area contributed by atoms with E-state index in [1.54, 1.807) is 17.0 Å². The highest BCUT2D eigenvalue weighted by atomic mass is 16.2. The van der Waals surface area contributed by atoms with Gasteiger partial charge in [-0.3, -0.25) is 9.59 Å². The minimum absolute atomic E-state index is 0.0557. The molecule has 3 rings (SSSR count). The maximum absolute atomic E-state index is 12.2. The molecule has 0 aliphatic carbocycles. The minimum Gasteiger partial charge on any atom is -0.368 e. The number of primary amides is 1. The van der Waals surface area contributed by atoms with Crippen molar-refractivity contribution in [3.63, 3.8) is 0 Å². The van der Waals surface area contributed by atoms with Crippen molar-refractivity contribution in [3.05, 3.63) is 35.9 Å². The maximum Gasteiger partial charge on any atom is 0.254 e. The Morgan fingerprint density at radius 2 is 2.00 bits per heavy atom. The Morgan fingerprint density at radius 1 is 1.29 bits per heavy atom. The van der Waals surface area contributed by atoms with Crippen LogP contribution in [0.5, 0.6) is 0 Å². The first-order chi connectivity index (χ1) is 8.18. The Kier molecular flexibility index (Phi) is 2.16. The molecule has 3 atom stereocenters. The lowest BCUT2D eigenvalue weighted by molar-refractivity contribution is -0.121. The first-order valence-electron chi connectivity index (χ1n) is 5.60. The molecule has 17 heavy (non-hydrogen) atoms. The molecule has 2 heterocycles. The molecule has 88 valence electrons. The fraction of sp³-hybridized carbons (Fsp3) is 0.333. The number of carbonyl (C=O) groups is 2. The van der Waals surface area contributed by atoms with Crippen molar-refractivity contribution in [2.75, 3.05) is 6.54 Å². The predicted octanol–water partition coefficient (Wildman–Crippen LogP) is -0.663. The monoisotopic (exact) mass is 231 g/mol. The van der Waals surface area contributed by atoms with E-state index in [0.717, 1.165) is 0 Å². The van der Waals surface area contributed by atoms with Crippen LogP contribution in [-0.4, -0.2) is 41.4 Å². The lowest BCUT2D eigenvalue weighted by Gasteiger charge is -2.24. The molecular formula is C12H13N3O2. The lowest BCUT2D eigenvalue weighted by atomic mass is 10.1. The Labute approximate surface area is 98.6 Å². The molecule has 0 radical (unpaired) electrons. The summed E-state index contributed by atoms with van der Waals surface area (Å²) in [6.07, 6.45) is 0. The number of benzene rings is 1. The molecule has 3 N–H and O–H groups in total. The number of piperazine rings is 1. The highest BCUT2D eigenvalue weighted by Gasteiger charge is 2.56. The second-order valence-electron chi connectivity index (χ2n) is 4.47. The van der Waals surface area contributed by atoms with Gasteiger partial charge in [-0.1, -0.05) is 18.2 Å². The van der Waals surface area contributed by atoms with Gasteiger partial charge in [0.25, 0.3) is 5.91 Å².